The van der Waals surface area contributed by atoms with E-state index < -0.39 is 18.3 Å². The van der Waals surface area contributed by atoms with Crippen LogP contribution in [0.1, 0.15) is 48.1 Å². The topological polar surface area (TPSA) is 56.0 Å². The van der Waals surface area contributed by atoms with Crippen LogP contribution in [0.3, 0.4) is 0 Å². The molecule has 1 fully saturated rings. The van der Waals surface area contributed by atoms with Crippen molar-refractivity contribution in [1.29, 1.82) is 0 Å². The third kappa shape index (κ3) is 3.64. The third-order valence-electron chi connectivity index (χ3n) is 6.44. The number of aryl methyl sites for hydroxylation is 2. The first kappa shape index (κ1) is 20.2. The van der Waals surface area contributed by atoms with E-state index in [4.69, 9.17) is 0 Å². The van der Waals surface area contributed by atoms with Gasteiger partial charge in [-0.25, -0.2) is 4.98 Å². The van der Waals surface area contributed by atoms with Crippen LogP contribution < -0.4 is 5.56 Å². The molecule has 1 aliphatic heterocycles. The summed E-state index contributed by atoms with van der Waals surface area (Å²) in [5.74, 6) is 0.206. The van der Waals surface area contributed by atoms with Crippen LogP contribution >= 0.6 is 0 Å². The zero-order valence-corrected chi connectivity index (χ0v) is 17.3. The lowest BCUT2D eigenvalue weighted by Gasteiger charge is -2.27. The first-order valence-electron chi connectivity index (χ1n) is 10.7. The summed E-state index contributed by atoms with van der Waals surface area (Å²) >= 11 is 0. The van der Waals surface area contributed by atoms with Gasteiger partial charge in [-0.3, -0.25) is 18.9 Å². The van der Waals surface area contributed by atoms with Gasteiger partial charge < -0.3 is 0 Å². The van der Waals surface area contributed by atoms with Gasteiger partial charge in [0.2, 0.25) is 0 Å². The number of para-hydroxylation sites is 1. The van der Waals surface area contributed by atoms with Gasteiger partial charge in [0, 0.05) is 13.6 Å². The van der Waals surface area contributed by atoms with E-state index in [1.54, 1.807) is 18.2 Å². The highest BCUT2D eigenvalue weighted by molar-refractivity contribution is 5.77. The lowest BCUT2D eigenvalue weighted by Crippen LogP contribution is -2.36. The largest absolute Gasteiger partial charge is 0.406 e. The number of hydrogen-bond acceptors (Lipinski definition) is 4. The first-order valence-corrected chi connectivity index (χ1v) is 10.7. The van der Waals surface area contributed by atoms with Gasteiger partial charge in [-0.05, 0) is 56.3 Å². The predicted octanol–water partition coefficient (Wildman–Crippen LogP) is 3.52. The predicted molar refractivity (Wildman–Crippen MR) is 110 cm³/mol. The summed E-state index contributed by atoms with van der Waals surface area (Å²) < 4.78 is 42.9. The maximum absolute atomic E-state index is 13.4. The number of halogens is 3. The minimum absolute atomic E-state index is 0.206. The average molecular weight is 431 g/mol. The molecule has 3 aromatic rings. The van der Waals surface area contributed by atoms with Crippen LogP contribution in [0.5, 0.6) is 0 Å². The Hall–Kier alpha value is -2.68. The van der Waals surface area contributed by atoms with Crippen molar-refractivity contribution in [2.24, 2.45) is 7.05 Å². The number of likely N-dealkylation sites (tertiary alicyclic amines) is 1. The molecule has 1 aliphatic carbocycles. The van der Waals surface area contributed by atoms with Crippen LogP contribution in [0.4, 0.5) is 13.2 Å². The van der Waals surface area contributed by atoms with Gasteiger partial charge in [0.05, 0.1) is 28.3 Å². The van der Waals surface area contributed by atoms with Gasteiger partial charge in [-0.15, -0.1) is 0 Å². The summed E-state index contributed by atoms with van der Waals surface area (Å²) in [7, 11) is 1.92. The molecule has 1 saturated heterocycles. The molecule has 0 saturated carbocycles. The molecule has 2 aliphatic rings. The normalized spacial score (nSPS) is 19.4. The van der Waals surface area contributed by atoms with Crippen LogP contribution in [-0.4, -0.2) is 37.0 Å². The molecule has 5 rings (SSSR count). The Morgan fingerprint density at radius 3 is 2.77 bits per heavy atom. The van der Waals surface area contributed by atoms with Crippen LogP contribution in [0.15, 0.2) is 29.1 Å². The fraction of sp³-hybridized carbons (Fsp3) is 0.500. The van der Waals surface area contributed by atoms with E-state index in [0.29, 0.717) is 18.5 Å². The number of nitrogens with zero attached hydrogens (tertiary/aromatic N) is 5. The van der Waals surface area contributed by atoms with Gasteiger partial charge >= 0.3 is 6.18 Å². The second kappa shape index (κ2) is 7.47. The molecule has 0 amide bonds. The van der Waals surface area contributed by atoms with Crippen LogP contribution in [0, 0.1) is 0 Å². The second-order valence-electron chi connectivity index (χ2n) is 8.47. The highest BCUT2D eigenvalue weighted by Gasteiger charge is 2.36. The lowest BCUT2D eigenvalue weighted by molar-refractivity contribution is -0.142. The molecular weight excluding hydrogens is 407 g/mol. The Bertz CT molecular complexity index is 1200. The molecule has 2 aromatic heterocycles. The average Bonchev–Trinajstić information content (AvgIpc) is 3.42. The first-order chi connectivity index (χ1) is 14.8. The fourth-order valence-corrected chi connectivity index (χ4v) is 5.06. The fourth-order valence-electron chi connectivity index (χ4n) is 5.06. The van der Waals surface area contributed by atoms with Gasteiger partial charge in [0.25, 0.3) is 5.56 Å². The van der Waals surface area contributed by atoms with E-state index in [9.17, 15) is 18.0 Å². The molecule has 3 heterocycles. The Morgan fingerprint density at radius 1 is 1.16 bits per heavy atom. The van der Waals surface area contributed by atoms with Crippen molar-refractivity contribution in [2.45, 2.75) is 57.4 Å². The number of benzene rings is 1. The Labute approximate surface area is 177 Å². The number of aromatic nitrogens is 4. The molecule has 0 spiro atoms. The molecule has 0 N–H and O–H groups in total. The van der Waals surface area contributed by atoms with Crippen molar-refractivity contribution in [3.8, 4) is 0 Å². The number of fused-ring (bicyclic) bond motifs is 2. The number of alkyl halides is 3. The van der Waals surface area contributed by atoms with E-state index in [1.807, 2.05) is 11.7 Å². The monoisotopic (exact) mass is 431 g/mol. The van der Waals surface area contributed by atoms with E-state index in [1.165, 1.54) is 11.6 Å². The Morgan fingerprint density at radius 2 is 1.97 bits per heavy atom. The number of rotatable bonds is 4. The third-order valence-corrected chi connectivity index (χ3v) is 6.44. The van der Waals surface area contributed by atoms with Crippen molar-refractivity contribution in [2.75, 3.05) is 6.54 Å². The Kier molecular flexibility index (Phi) is 4.88. The molecule has 1 aromatic carbocycles. The van der Waals surface area contributed by atoms with E-state index in [2.05, 4.69) is 15.0 Å². The van der Waals surface area contributed by atoms with Gasteiger partial charge in [0.15, 0.2) is 0 Å². The van der Waals surface area contributed by atoms with Gasteiger partial charge in [-0.1, -0.05) is 12.1 Å². The molecule has 1 atom stereocenters. The SMILES string of the molecule is Cn1nc2c(c1CN1CCCC1c1nc3ccccc3c(=O)n1CC(F)(F)F)CCC2. The summed E-state index contributed by atoms with van der Waals surface area (Å²) in [6.07, 6.45) is 0.0668. The summed E-state index contributed by atoms with van der Waals surface area (Å²) in [5, 5.41) is 4.83. The van der Waals surface area contributed by atoms with Crippen molar-refractivity contribution in [3.05, 3.63) is 57.4 Å². The number of hydrogen-bond donors (Lipinski definition) is 0. The molecule has 31 heavy (non-hydrogen) atoms. The molecule has 164 valence electrons. The lowest BCUT2D eigenvalue weighted by atomic mass is 10.1. The minimum atomic E-state index is -4.50. The molecule has 6 nitrogen and oxygen atoms in total. The summed E-state index contributed by atoms with van der Waals surface area (Å²) in [4.78, 5) is 19.7. The van der Waals surface area contributed by atoms with E-state index in [-0.39, 0.29) is 17.3 Å². The quantitative estimate of drug-likeness (QED) is 0.634. The van der Waals surface area contributed by atoms with Crippen LogP contribution in [-0.2, 0) is 33.0 Å². The van der Waals surface area contributed by atoms with Crippen LogP contribution in [0.2, 0.25) is 0 Å². The highest BCUT2D eigenvalue weighted by Crippen LogP contribution is 2.35. The van der Waals surface area contributed by atoms with Crippen molar-refractivity contribution in [1.82, 2.24) is 24.2 Å². The summed E-state index contributed by atoms with van der Waals surface area (Å²) in [5.41, 5.74) is 3.32. The van der Waals surface area contributed by atoms with Crippen molar-refractivity contribution in [3.63, 3.8) is 0 Å². The molecule has 9 heteroatoms. The summed E-state index contributed by atoms with van der Waals surface area (Å²) in [6, 6.07) is 6.27. The van der Waals surface area contributed by atoms with Gasteiger partial charge in [0.1, 0.15) is 12.4 Å². The second-order valence-corrected chi connectivity index (χ2v) is 8.47. The maximum Gasteiger partial charge on any atom is 0.406 e. The molecule has 0 radical (unpaired) electrons. The molecule has 1 unspecified atom stereocenters. The van der Waals surface area contributed by atoms with Crippen molar-refractivity contribution < 1.29 is 13.2 Å². The van der Waals surface area contributed by atoms with Crippen LogP contribution in [0.25, 0.3) is 10.9 Å². The molecular formula is C22H24F3N5O. The zero-order valence-electron chi connectivity index (χ0n) is 17.3. The zero-order chi connectivity index (χ0) is 21.8. The molecule has 0 bridgehead atoms. The smallest absolute Gasteiger partial charge is 0.288 e. The maximum atomic E-state index is 13.4. The van der Waals surface area contributed by atoms with E-state index >= 15 is 0 Å². The van der Waals surface area contributed by atoms with Crippen molar-refractivity contribution >= 4 is 10.9 Å². The minimum Gasteiger partial charge on any atom is -0.288 e. The van der Waals surface area contributed by atoms with Gasteiger partial charge in [-0.2, -0.15) is 18.3 Å². The summed E-state index contributed by atoms with van der Waals surface area (Å²) in [6.45, 7) is 0.0159. The standard InChI is InChI=1S/C22H24F3N5O/c1-28-19(14-7-4-9-17(14)27-28)12-29-11-5-10-18(29)20-26-16-8-3-2-6-15(16)21(31)30(20)13-22(23,24)25/h2-3,6,8,18H,4-5,7,9-13H2,1H3. The van der Waals surface area contributed by atoms with E-state index in [0.717, 1.165) is 48.2 Å². The highest BCUT2D eigenvalue weighted by atomic mass is 19.4. The Balaban J connectivity index is 1.57.